The minimum absolute atomic E-state index is 0.0973. The van der Waals surface area contributed by atoms with E-state index in [1.54, 1.807) is 50.4 Å². The van der Waals surface area contributed by atoms with E-state index in [0.29, 0.717) is 48.4 Å². The molecule has 3 heterocycles. The highest BCUT2D eigenvalue weighted by atomic mass is 16.6. The zero-order valence-corrected chi connectivity index (χ0v) is 19.8. The molecule has 1 aliphatic heterocycles. The summed E-state index contributed by atoms with van der Waals surface area (Å²) in [6.45, 7) is 3.37. The number of pyridine rings is 1. The number of rotatable bonds is 7. The van der Waals surface area contributed by atoms with Crippen LogP contribution in [0.2, 0.25) is 0 Å². The van der Waals surface area contributed by atoms with Gasteiger partial charge >= 0.3 is 6.09 Å². The van der Waals surface area contributed by atoms with Gasteiger partial charge in [0.2, 0.25) is 0 Å². The van der Waals surface area contributed by atoms with Gasteiger partial charge in [-0.15, -0.1) is 0 Å². The number of anilines is 2. The Balaban J connectivity index is 1.42. The first-order valence-corrected chi connectivity index (χ1v) is 11.1. The molecule has 1 atom stereocenters. The van der Waals surface area contributed by atoms with Crippen LogP contribution in [-0.4, -0.2) is 66.4 Å². The molecule has 0 aliphatic carbocycles. The van der Waals surface area contributed by atoms with Gasteiger partial charge < -0.3 is 34.3 Å². The number of nitrogens with one attached hydrogen (secondary N) is 2. The van der Waals surface area contributed by atoms with Gasteiger partial charge in [-0.2, -0.15) is 0 Å². The lowest BCUT2D eigenvalue weighted by Gasteiger charge is -2.16. The Morgan fingerprint density at radius 2 is 2.00 bits per heavy atom. The highest BCUT2D eigenvalue weighted by Gasteiger charge is 2.27. The smallest absolute Gasteiger partial charge is 0.409 e. The lowest BCUT2D eigenvalue weighted by Crippen LogP contribution is -2.32. The van der Waals surface area contributed by atoms with E-state index in [1.165, 1.54) is 0 Å². The molecule has 2 N–H and O–H groups in total. The zero-order chi connectivity index (χ0) is 24.2. The van der Waals surface area contributed by atoms with Crippen LogP contribution in [0.4, 0.5) is 16.3 Å². The quantitative estimate of drug-likeness (QED) is 0.548. The first-order valence-electron chi connectivity index (χ1n) is 11.1. The van der Waals surface area contributed by atoms with Crippen LogP contribution in [0.3, 0.4) is 0 Å². The van der Waals surface area contributed by atoms with Crippen LogP contribution >= 0.6 is 0 Å². The molecule has 0 saturated carbocycles. The summed E-state index contributed by atoms with van der Waals surface area (Å²) in [6.07, 6.45) is 2.13. The highest BCUT2D eigenvalue weighted by Crippen LogP contribution is 2.36. The van der Waals surface area contributed by atoms with Crippen molar-refractivity contribution in [2.45, 2.75) is 19.4 Å². The second-order valence-electron chi connectivity index (χ2n) is 7.98. The number of hydrogen-bond acceptors (Lipinski definition) is 7. The average molecular weight is 468 g/mol. The van der Waals surface area contributed by atoms with Gasteiger partial charge in [0.25, 0.3) is 5.91 Å². The van der Waals surface area contributed by atoms with Crippen molar-refractivity contribution in [2.24, 2.45) is 7.05 Å². The third kappa shape index (κ3) is 4.57. The average Bonchev–Trinajstić information content (AvgIpc) is 3.44. The number of aromatic nitrogens is 2. The molecule has 0 spiro atoms. The standard InChI is InChI=1S/C24H29N5O5/c1-5-34-24(31)29-11-10-16(14-29)26-21-9-6-15(13-25-21)27-23(30)19-12-17-18(28(19)2)7-8-20(32-3)22(17)33-4/h6-9,12-13,16H,5,10-11,14H2,1-4H3,(H,25,26)(H,27,30)/t16-/m0/s1. The van der Waals surface area contributed by atoms with Crippen molar-refractivity contribution < 1.29 is 23.8 Å². The van der Waals surface area contributed by atoms with Gasteiger partial charge in [-0.25, -0.2) is 9.78 Å². The van der Waals surface area contributed by atoms with Crippen molar-refractivity contribution in [1.82, 2.24) is 14.5 Å². The number of hydrogen-bond donors (Lipinski definition) is 2. The number of nitrogens with zero attached hydrogens (tertiary/aromatic N) is 3. The van der Waals surface area contributed by atoms with Crippen molar-refractivity contribution in [3.63, 3.8) is 0 Å². The molecule has 2 aromatic heterocycles. The minimum Gasteiger partial charge on any atom is -0.493 e. The molecule has 2 amide bonds. The molecule has 0 bridgehead atoms. The number of carbonyl (C=O) groups excluding carboxylic acids is 2. The molecule has 10 nitrogen and oxygen atoms in total. The van der Waals surface area contributed by atoms with E-state index >= 15 is 0 Å². The number of amides is 2. The first-order chi connectivity index (χ1) is 16.4. The van der Waals surface area contributed by atoms with Crippen molar-refractivity contribution in [2.75, 3.05) is 44.5 Å². The van der Waals surface area contributed by atoms with Crippen LogP contribution in [-0.2, 0) is 11.8 Å². The summed E-state index contributed by atoms with van der Waals surface area (Å²) < 4.78 is 17.7. The van der Waals surface area contributed by atoms with Gasteiger partial charge in [0.05, 0.1) is 38.2 Å². The number of aryl methyl sites for hydroxylation is 1. The van der Waals surface area contributed by atoms with Crippen molar-refractivity contribution >= 4 is 34.4 Å². The Hall–Kier alpha value is -3.95. The molecule has 1 saturated heterocycles. The lowest BCUT2D eigenvalue weighted by molar-refractivity contribution is 0.101. The molecule has 0 unspecified atom stereocenters. The van der Waals surface area contributed by atoms with Gasteiger partial charge in [-0.1, -0.05) is 0 Å². The summed E-state index contributed by atoms with van der Waals surface area (Å²) in [5, 5.41) is 7.01. The van der Waals surface area contributed by atoms with Crippen LogP contribution < -0.4 is 20.1 Å². The third-order valence-electron chi connectivity index (χ3n) is 5.89. The summed E-state index contributed by atoms with van der Waals surface area (Å²) in [4.78, 5) is 30.9. The number of ether oxygens (including phenoxy) is 3. The van der Waals surface area contributed by atoms with E-state index in [4.69, 9.17) is 14.2 Å². The number of likely N-dealkylation sites (tertiary alicyclic amines) is 1. The first kappa shape index (κ1) is 23.2. The molecule has 180 valence electrons. The molecule has 1 aromatic carbocycles. The van der Waals surface area contributed by atoms with Crippen LogP contribution in [0, 0.1) is 0 Å². The maximum atomic E-state index is 13.0. The third-order valence-corrected chi connectivity index (χ3v) is 5.89. The second-order valence-corrected chi connectivity index (χ2v) is 7.98. The predicted octanol–water partition coefficient (Wildman–Crippen LogP) is 3.49. The monoisotopic (exact) mass is 467 g/mol. The topological polar surface area (TPSA) is 107 Å². The van der Waals surface area contributed by atoms with E-state index in [0.717, 1.165) is 17.3 Å². The molecular weight excluding hydrogens is 438 g/mol. The largest absolute Gasteiger partial charge is 0.493 e. The normalized spacial score (nSPS) is 15.3. The van der Waals surface area contributed by atoms with Gasteiger partial charge in [-0.05, 0) is 43.7 Å². The van der Waals surface area contributed by atoms with E-state index in [2.05, 4.69) is 15.6 Å². The van der Waals surface area contributed by atoms with E-state index in [1.807, 2.05) is 23.7 Å². The number of methoxy groups -OCH3 is 2. The molecule has 3 aromatic rings. The maximum absolute atomic E-state index is 13.0. The fourth-order valence-corrected chi connectivity index (χ4v) is 4.17. The summed E-state index contributed by atoms with van der Waals surface area (Å²) in [6, 6.07) is 9.18. The Bertz CT molecular complexity index is 1190. The SMILES string of the molecule is CCOC(=O)N1CC[C@H](Nc2ccc(NC(=O)c3cc4c(OC)c(OC)ccc4n3C)cn2)C1. The van der Waals surface area contributed by atoms with E-state index < -0.39 is 0 Å². The highest BCUT2D eigenvalue weighted by molar-refractivity contribution is 6.07. The minimum atomic E-state index is -0.290. The van der Waals surface area contributed by atoms with Crippen LogP contribution in [0.25, 0.3) is 10.9 Å². The van der Waals surface area contributed by atoms with Gasteiger partial charge in [0, 0.05) is 31.6 Å². The van der Waals surface area contributed by atoms with E-state index in [9.17, 15) is 9.59 Å². The van der Waals surface area contributed by atoms with Crippen molar-refractivity contribution in [1.29, 1.82) is 0 Å². The second kappa shape index (κ2) is 9.90. The van der Waals surface area contributed by atoms with Gasteiger partial charge in [0.1, 0.15) is 11.5 Å². The Labute approximate surface area is 197 Å². The Morgan fingerprint density at radius 3 is 2.68 bits per heavy atom. The number of benzene rings is 1. The summed E-state index contributed by atoms with van der Waals surface area (Å²) >= 11 is 0. The van der Waals surface area contributed by atoms with Crippen molar-refractivity contribution in [3.05, 3.63) is 42.2 Å². The molecule has 34 heavy (non-hydrogen) atoms. The van der Waals surface area contributed by atoms with Crippen LogP contribution in [0.15, 0.2) is 36.5 Å². The molecule has 10 heteroatoms. The summed E-state index contributed by atoms with van der Waals surface area (Å²) in [5.74, 6) is 1.60. The molecule has 4 rings (SSSR count). The van der Waals surface area contributed by atoms with Gasteiger partial charge in [0.15, 0.2) is 11.5 Å². The summed E-state index contributed by atoms with van der Waals surface area (Å²) in [7, 11) is 4.98. The Kier molecular flexibility index (Phi) is 6.76. The van der Waals surface area contributed by atoms with Crippen LogP contribution in [0.5, 0.6) is 11.5 Å². The fraction of sp³-hybridized carbons (Fsp3) is 0.375. The van der Waals surface area contributed by atoms with Crippen LogP contribution in [0.1, 0.15) is 23.8 Å². The van der Waals surface area contributed by atoms with E-state index in [-0.39, 0.29) is 18.0 Å². The summed E-state index contributed by atoms with van der Waals surface area (Å²) in [5.41, 5.74) is 1.91. The number of fused-ring (bicyclic) bond motifs is 1. The lowest BCUT2D eigenvalue weighted by atomic mass is 10.2. The molecule has 0 radical (unpaired) electrons. The molecular formula is C24H29N5O5. The van der Waals surface area contributed by atoms with Crippen molar-refractivity contribution in [3.8, 4) is 11.5 Å². The Morgan fingerprint density at radius 1 is 1.18 bits per heavy atom. The maximum Gasteiger partial charge on any atom is 0.409 e. The molecule has 1 aliphatic rings. The predicted molar refractivity (Wildman–Crippen MR) is 129 cm³/mol. The fourth-order valence-electron chi connectivity index (χ4n) is 4.17. The van der Waals surface area contributed by atoms with Gasteiger partial charge in [-0.3, -0.25) is 4.79 Å². The number of carbonyl (C=O) groups is 2. The zero-order valence-electron chi connectivity index (χ0n) is 19.8. The molecule has 1 fully saturated rings.